The summed E-state index contributed by atoms with van der Waals surface area (Å²) in [6.45, 7) is 6.54. The minimum Gasteiger partial charge on any atom is -0.447 e. The van der Waals surface area contributed by atoms with E-state index in [0.717, 1.165) is 6.42 Å². The van der Waals surface area contributed by atoms with E-state index in [-0.39, 0.29) is 17.1 Å². The fraction of sp³-hybridized carbons (Fsp3) is 0.714. The molecule has 2 rings (SSSR count). The van der Waals surface area contributed by atoms with Crippen LogP contribution in [0.3, 0.4) is 0 Å². The molecule has 1 saturated carbocycles. The number of furan rings is 1. The zero-order chi connectivity index (χ0) is 14.8. The molecule has 1 fully saturated rings. The number of hydrogen-bond acceptors (Lipinski definition) is 4. The molecule has 1 aromatic rings. The fourth-order valence-electron chi connectivity index (χ4n) is 1.90. The Morgan fingerprint density at radius 1 is 1.35 bits per heavy atom. The number of nitrogens with one attached hydrogen (secondary N) is 2. The number of rotatable bonds is 8. The summed E-state index contributed by atoms with van der Waals surface area (Å²) < 4.78 is 32.5. The first-order valence-corrected chi connectivity index (χ1v) is 8.75. The highest BCUT2D eigenvalue weighted by Crippen LogP contribution is 2.21. The van der Waals surface area contributed by atoms with E-state index in [0.29, 0.717) is 18.3 Å². The quantitative estimate of drug-likeness (QED) is 0.772. The maximum absolute atomic E-state index is 12.2. The van der Waals surface area contributed by atoms with Crippen molar-refractivity contribution in [1.29, 1.82) is 0 Å². The Labute approximate surface area is 121 Å². The average Bonchev–Trinajstić information content (AvgIpc) is 3.10. The van der Waals surface area contributed by atoms with Crippen molar-refractivity contribution < 1.29 is 12.8 Å². The molecule has 1 aliphatic carbocycles. The fourth-order valence-corrected chi connectivity index (χ4v) is 3.20. The van der Waals surface area contributed by atoms with Gasteiger partial charge >= 0.3 is 0 Å². The maximum atomic E-state index is 12.2. The molecule has 2 N–H and O–H groups in total. The van der Waals surface area contributed by atoms with E-state index in [1.165, 1.54) is 18.9 Å². The second-order valence-electron chi connectivity index (χ2n) is 5.67. The molecule has 1 aliphatic rings. The molecule has 5 nitrogen and oxygen atoms in total. The monoisotopic (exact) mass is 300 g/mol. The Kier molecular flexibility index (Phi) is 4.88. The van der Waals surface area contributed by atoms with Gasteiger partial charge in [-0.15, -0.1) is 0 Å². The molecule has 0 aromatic carbocycles. The van der Waals surface area contributed by atoms with Gasteiger partial charge in [-0.1, -0.05) is 20.3 Å². The van der Waals surface area contributed by atoms with Gasteiger partial charge in [0, 0.05) is 12.1 Å². The summed E-state index contributed by atoms with van der Waals surface area (Å²) in [4.78, 5) is 0. The third-order valence-corrected chi connectivity index (χ3v) is 5.31. The van der Waals surface area contributed by atoms with Gasteiger partial charge in [-0.3, -0.25) is 0 Å². The molecule has 0 spiro atoms. The summed E-state index contributed by atoms with van der Waals surface area (Å²) in [5.41, 5.74) is 0. The summed E-state index contributed by atoms with van der Waals surface area (Å²) in [5, 5.41) is 3.30. The van der Waals surface area contributed by atoms with Crippen molar-refractivity contribution in [3.8, 4) is 0 Å². The van der Waals surface area contributed by atoms with Crippen LogP contribution in [0.25, 0.3) is 0 Å². The van der Waals surface area contributed by atoms with Crippen LogP contribution in [0.15, 0.2) is 21.6 Å². The predicted octanol–water partition coefficient (Wildman–Crippen LogP) is 2.24. The lowest BCUT2D eigenvalue weighted by atomic mass is 10.0. The molecule has 0 aliphatic heterocycles. The number of sulfonamides is 1. The summed E-state index contributed by atoms with van der Waals surface area (Å²) in [6.07, 6.45) is 3.32. The van der Waals surface area contributed by atoms with Crippen LogP contribution in [0.1, 0.15) is 45.8 Å². The summed E-state index contributed by atoms with van der Waals surface area (Å²) >= 11 is 0. The van der Waals surface area contributed by atoms with Gasteiger partial charge in [0.1, 0.15) is 5.76 Å². The van der Waals surface area contributed by atoms with Crippen LogP contribution >= 0.6 is 0 Å². The minimum atomic E-state index is -3.56. The standard InChI is InChI=1S/C14H24N2O3S/c1-4-10(2)11(3)16-20(17,18)14-8-7-13(19-14)9-15-12-5-6-12/h7-8,10-12,15-16H,4-6,9H2,1-3H3. The van der Waals surface area contributed by atoms with E-state index in [9.17, 15) is 8.42 Å². The smallest absolute Gasteiger partial charge is 0.274 e. The van der Waals surface area contributed by atoms with Crippen LogP contribution in [0.4, 0.5) is 0 Å². The van der Waals surface area contributed by atoms with Gasteiger partial charge in [0.15, 0.2) is 0 Å². The Balaban J connectivity index is 1.97. The highest BCUT2D eigenvalue weighted by molar-refractivity contribution is 7.89. The summed E-state index contributed by atoms with van der Waals surface area (Å²) in [7, 11) is -3.56. The van der Waals surface area contributed by atoms with E-state index >= 15 is 0 Å². The van der Waals surface area contributed by atoms with E-state index < -0.39 is 10.0 Å². The lowest BCUT2D eigenvalue weighted by molar-refractivity contribution is 0.388. The Morgan fingerprint density at radius 3 is 2.65 bits per heavy atom. The number of hydrogen-bond donors (Lipinski definition) is 2. The topological polar surface area (TPSA) is 71.3 Å². The molecule has 2 unspecified atom stereocenters. The molecule has 1 aromatic heterocycles. The van der Waals surface area contributed by atoms with Crippen molar-refractivity contribution in [3.05, 3.63) is 17.9 Å². The summed E-state index contributed by atoms with van der Waals surface area (Å²) in [6, 6.07) is 3.71. The lowest BCUT2D eigenvalue weighted by Gasteiger charge is -2.18. The van der Waals surface area contributed by atoms with Gasteiger partial charge in [-0.25, -0.2) is 13.1 Å². The van der Waals surface area contributed by atoms with Gasteiger partial charge in [-0.2, -0.15) is 0 Å². The Morgan fingerprint density at radius 2 is 2.05 bits per heavy atom. The minimum absolute atomic E-state index is 0.000231. The molecule has 0 amide bonds. The van der Waals surface area contributed by atoms with Crippen molar-refractivity contribution >= 4 is 10.0 Å². The molecule has 2 atom stereocenters. The molecule has 0 radical (unpaired) electrons. The van der Waals surface area contributed by atoms with Crippen molar-refractivity contribution in [3.63, 3.8) is 0 Å². The van der Waals surface area contributed by atoms with E-state index in [2.05, 4.69) is 10.0 Å². The van der Waals surface area contributed by atoms with Crippen molar-refractivity contribution in [2.24, 2.45) is 5.92 Å². The second kappa shape index (κ2) is 6.28. The molecule has 114 valence electrons. The van der Waals surface area contributed by atoms with Crippen molar-refractivity contribution in [2.45, 2.75) is 63.8 Å². The lowest BCUT2D eigenvalue weighted by Crippen LogP contribution is -2.36. The first-order chi connectivity index (χ1) is 9.42. The van der Waals surface area contributed by atoms with E-state index in [1.807, 2.05) is 20.8 Å². The first kappa shape index (κ1) is 15.5. The zero-order valence-corrected chi connectivity index (χ0v) is 13.2. The van der Waals surface area contributed by atoms with Crippen LogP contribution in [0.5, 0.6) is 0 Å². The normalized spacial score (nSPS) is 18.9. The molecular formula is C14H24N2O3S. The van der Waals surface area contributed by atoms with Crippen LogP contribution in [0.2, 0.25) is 0 Å². The summed E-state index contributed by atoms with van der Waals surface area (Å²) in [5.74, 6) is 0.948. The zero-order valence-electron chi connectivity index (χ0n) is 12.3. The molecule has 0 saturated heterocycles. The van der Waals surface area contributed by atoms with Gasteiger partial charge < -0.3 is 9.73 Å². The van der Waals surface area contributed by atoms with E-state index in [4.69, 9.17) is 4.42 Å². The first-order valence-electron chi connectivity index (χ1n) is 7.26. The highest BCUT2D eigenvalue weighted by atomic mass is 32.2. The Hall–Kier alpha value is -0.850. The third kappa shape index (κ3) is 4.07. The van der Waals surface area contributed by atoms with E-state index in [1.54, 1.807) is 6.07 Å². The SMILES string of the molecule is CCC(C)C(C)NS(=O)(=O)c1ccc(CNC2CC2)o1. The average molecular weight is 300 g/mol. The van der Waals surface area contributed by atoms with Gasteiger partial charge in [0.2, 0.25) is 5.09 Å². The van der Waals surface area contributed by atoms with Gasteiger partial charge in [-0.05, 0) is 37.8 Å². The Bertz CT molecular complexity index is 534. The largest absolute Gasteiger partial charge is 0.447 e. The maximum Gasteiger partial charge on any atom is 0.274 e. The van der Waals surface area contributed by atoms with Gasteiger partial charge in [0.05, 0.1) is 6.54 Å². The van der Waals surface area contributed by atoms with Crippen LogP contribution < -0.4 is 10.0 Å². The van der Waals surface area contributed by atoms with Crippen molar-refractivity contribution in [2.75, 3.05) is 0 Å². The molecule has 6 heteroatoms. The van der Waals surface area contributed by atoms with Gasteiger partial charge in [0.25, 0.3) is 10.0 Å². The molecule has 20 heavy (non-hydrogen) atoms. The van der Waals surface area contributed by atoms with Crippen LogP contribution in [-0.4, -0.2) is 20.5 Å². The molecular weight excluding hydrogens is 276 g/mol. The van der Waals surface area contributed by atoms with Crippen LogP contribution in [0, 0.1) is 5.92 Å². The third-order valence-electron chi connectivity index (χ3n) is 3.88. The highest BCUT2D eigenvalue weighted by Gasteiger charge is 2.24. The second-order valence-corrected chi connectivity index (χ2v) is 7.32. The molecule has 0 bridgehead atoms. The predicted molar refractivity (Wildman–Crippen MR) is 77.8 cm³/mol. The van der Waals surface area contributed by atoms with Crippen LogP contribution in [-0.2, 0) is 16.6 Å². The molecule has 1 heterocycles. The van der Waals surface area contributed by atoms with Crippen molar-refractivity contribution in [1.82, 2.24) is 10.0 Å².